The molecule has 0 saturated heterocycles. The van der Waals surface area contributed by atoms with Crippen LogP contribution in [-0.4, -0.2) is 4.98 Å². The van der Waals surface area contributed by atoms with Crippen molar-refractivity contribution < 1.29 is 22.0 Å². The fraction of sp³-hybridized carbons (Fsp3) is 0.250. The van der Waals surface area contributed by atoms with Gasteiger partial charge in [0.25, 0.3) is 0 Å². The maximum absolute atomic E-state index is 2.94. The molecule has 1 rings (SSSR count). The zero-order valence-electron chi connectivity index (χ0n) is 4.03. The Labute approximate surface area is 52.7 Å². The summed E-state index contributed by atoms with van der Waals surface area (Å²) in [6.45, 7) is 1.97. The van der Waals surface area contributed by atoms with E-state index in [0.29, 0.717) is 0 Å². The van der Waals surface area contributed by atoms with Crippen LogP contribution in [0.3, 0.4) is 0 Å². The van der Waals surface area contributed by atoms with Gasteiger partial charge in [-0.3, -0.25) is 0 Å². The summed E-state index contributed by atoms with van der Waals surface area (Å²) in [5, 5.41) is 0. The van der Waals surface area contributed by atoms with Crippen molar-refractivity contribution in [2.75, 3.05) is 0 Å². The molecule has 0 amide bonds. The monoisotopic (exact) mass is 162 g/mol. The van der Waals surface area contributed by atoms with Gasteiger partial charge in [0.05, 0.1) is 0 Å². The first kappa shape index (κ1) is 6.69. The zero-order valence-corrected chi connectivity index (χ0v) is 5.62. The third kappa shape index (κ3) is 1.73. The number of H-pyrrole nitrogens is 2. The Morgan fingerprint density at radius 2 is 2.43 bits per heavy atom. The summed E-state index contributed by atoms with van der Waals surface area (Å²) in [5.41, 5.74) is 0. The summed E-state index contributed by atoms with van der Waals surface area (Å²) in [7, 11) is 0. The first-order valence-corrected chi connectivity index (χ1v) is 1.91. The molecule has 0 aromatic carbocycles. The van der Waals surface area contributed by atoms with Crippen LogP contribution in [0.5, 0.6) is 0 Å². The lowest BCUT2D eigenvalue weighted by atomic mass is 10.8. The van der Waals surface area contributed by atoms with E-state index >= 15 is 0 Å². The fourth-order valence-corrected chi connectivity index (χ4v) is 0.375. The molecule has 0 aliphatic rings. The van der Waals surface area contributed by atoms with Crippen LogP contribution in [0.15, 0.2) is 12.4 Å². The highest BCUT2D eigenvalue weighted by Gasteiger charge is 1.83. The molecule has 7 heavy (non-hydrogen) atoms. The van der Waals surface area contributed by atoms with Crippen molar-refractivity contribution in [2.24, 2.45) is 0 Å². The van der Waals surface area contributed by atoms with Crippen molar-refractivity contribution >= 4 is 0 Å². The van der Waals surface area contributed by atoms with E-state index in [2.05, 4.69) is 9.97 Å². The number of aromatic nitrogens is 2. The van der Waals surface area contributed by atoms with E-state index in [4.69, 9.17) is 0 Å². The highest BCUT2D eigenvalue weighted by molar-refractivity contribution is 4.67. The second-order valence-corrected chi connectivity index (χ2v) is 1.25. The number of nitrogens with one attached hydrogen (secondary N) is 2. The van der Waals surface area contributed by atoms with Crippen LogP contribution in [-0.2, 0) is 0 Å². The second-order valence-electron chi connectivity index (χ2n) is 1.25. The zero-order chi connectivity index (χ0) is 4.41. The van der Waals surface area contributed by atoms with Crippen LogP contribution < -0.4 is 22.0 Å². The van der Waals surface area contributed by atoms with Gasteiger partial charge in [-0.2, -0.15) is 0 Å². The minimum absolute atomic E-state index is 0. The molecular weight excluding hydrogens is 156 g/mol. The molecule has 0 spiro atoms. The number of halogens is 1. The Bertz CT molecular complexity index is 113. The van der Waals surface area contributed by atoms with Gasteiger partial charge < -0.3 is 17.0 Å². The van der Waals surface area contributed by atoms with Gasteiger partial charge in [0, 0.05) is 6.92 Å². The van der Waals surface area contributed by atoms with Gasteiger partial charge in [0.2, 0.25) is 5.82 Å². The number of aryl methyl sites for hydroxylation is 1. The molecule has 40 valence electrons. The van der Waals surface area contributed by atoms with E-state index in [1.807, 2.05) is 19.3 Å². The molecule has 0 saturated carbocycles. The van der Waals surface area contributed by atoms with E-state index < -0.39 is 0 Å². The molecule has 2 nitrogen and oxygen atoms in total. The predicted molar refractivity (Wildman–Crippen MR) is 22.1 cm³/mol. The van der Waals surface area contributed by atoms with Crippen molar-refractivity contribution in [1.29, 1.82) is 0 Å². The number of hydrogen-bond acceptors (Lipinski definition) is 0. The van der Waals surface area contributed by atoms with Gasteiger partial charge in [-0.25, -0.2) is 9.97 Å². The smallest absolute Gasteiger partial charge is 0.248 e. The van der Waals surface area contributed by atoms with Crippen LogP contribution in [0, 0.1) is 6.92 Å². The highest BCUT2D eigenvalue weighted by atomic mass is 79.9. The Balaban J connectivity index is 0.000000360. The molecule has 2 N–H and O–H groups in total. The number of rotatable bonds is 0. The maximum atomic E-state index is 2.94. The van der Waals surface area contributed by atoms with Gasteiger partial charge in [0.1, 0.15) is 12.4 Å². The summed E-state index contributed by atoms with van der Waals surface area (Å²) in [5.74, 6) is 1.09. The molecule has 0 fully saturated rings. The van der Waals surface area contributed by atoms with Gasteiger partial charge in [0.15, 0.2) is 0 Å². The third-order valence-corrected chi connectivity index (χ3v) is 0.683. The molecule has 1 aromatic rings. The predicted octanol–water partition coefficient (Wildman–Crippen LogP) is -2.86. The number of imidazole rings is 1. The Morgan fingerprint density at radius 3 is 2.57 bits per heavy atom. The molecule has 0 radical (unpaired) electrons. The number of aromatic amines is 2. The lowest BCUT2D eigenvalue weighted by Crippen LogP contribution is -3.00. The SMILES string of the molecule is Cc1[nH]cc[nH+]1.[Br-]. The molecule has 0 atom stereocenters. The van der Waals surface area contributed by atoms with Crippen molar-refractivity contribution in [3.8, 4) is 0 Å². The molecule has 3 heteroatoms. The average molecular weight is 163 g/mol. The Hall–Kier alpha value is -0.310. The van der Waals surface area contributed by atoms with Crippen molar-refractivity contribution in [3.63, 3.8) is 0 Å². The Kier molecular flexibility index (Phi) is 2.67. The quantitative estimate of drug-likeness (QED) is 0.426. The molecule has 1 heterocycles. The Morgan fingerprint density at radius 1 is 1.71 bits per heavy atom. The van der Waals surface area contributed by atoms with Gasteiger partial charge in [-0.05, 0) is 0 Å². The van der Waals surface area contributed by atoms with Crippen LogP contribution in [0.1, 0.15) is 5.82 Å². The molecule has 0 bridgehead atoms. The summed E-state index contributed by atoms with van der Waals surface area (Å²) < 4.78 is 0. The van der Waals surface area contributed by atoms with E-state index in [-0.39, 0.29) is 17.0 Å². The van der Waals surface area contributed by atoms with Gasteiger partial charge >= 0.3 is 0 Å². The highest BCUT2D eigenvalue weighted by Crippen LogP contribution is 1.70. The van der Waals surface area contributed by atoms with Crippen LogP contribution >= 0.6 is 0 Å². The van der Waals surface area contributed by atoms with Gasteiger partial charge in [-0.15, -0.1) is 0 Å². The van der Waals surface area contributed by atoms with Crippen molar-refractivity contribution in [2.45, 2.75) is 6.92 Å². The third-order valence-electron chi connectivity index (χ3n) is 0.683. The average Bonchev–Trinajstić information content (AvgIpc) is 1.86. The molecule has 1 aromatic heterocycles. The van der Waals surface area contributed by atoms with Gasteiger partial charge in [-0.1, -0.05) is 0 Å². The summed E-state index contributed by atoms with van der Waals surface area (Å²) in [4.78, 5) is 5.89. The van der Waals surface area contributed by atoms with E-state index in [9.17, 15) is 0 Å². The number of hydrogen-bond donors (Lipinski definition) is 1. The van der Waals surface area contributed by atoms with E-state index in [1.54, 1.807) is 0 Å². The molecule has 0 aliphatic heterocycles. The normalized spacial score (nSPS) is 7.57. The minimum Gasteiger partial charge on any atom is -1.00 e. The summed E-state index contributed by atoms with van der Waals surface area (Å²) in [6.07, 6.45) is 3.71. The van der Waals surface area contributed by atoms with Crippen LogP contribution in [0.4, 0.5) is 0 Å². The van der Waals surface area contributed by atoms with Crippen LogP contribution in [0.25, 0.3) is 0 Å². The second kappa shape index (κ2) is 2.80. The summed E-state index contributed by atoms with van der Waals surface area (Å²) >= 11 is 0. The molecule has 0 aliphatic carbocycles. The lowest BCUT2D eigenvalue weighted by molar-refractivity contribution is -0.385. The topological polar surface area (TPSA) is 29.9 Å². The lowest BCUT2D eigenvalue weighted by Gasteiger charge is -1.59. The summed E-state index contributed by atoms with van der Waals surface area (Å²) in [6, 6.07) is 0. The fourth-order valence-electron chi connectivity index (χ4n) is 0.375. The molecule has 0 unspecified atom stereocenters. The minimum atomic E-state index is 0. The largest absolute Gasteiger partial charge is 1.00 e. The van der Waals surface area contributed by atoms with Crippen LogP contribution in [0.2, 0.25) is 0 Å². The molecular formula is C4H7BrN2. The first-order valence-electron chi connectivity index (χ1n) is 1.91. The first-order chi connectivity index (χ1) is 2.89. The maximum Gasteiger partial charge on any atom is 0.248 e. The van der Waals surface area contributed by atoms with E-state index in [1.165, 1.54) is 0 Å². The van der Waals surface area contributed by atoms with Crippen molar-refractivity contribution in [3.05, 3.63) is 18.2 Å². The van der Waals surface area contributed by atoms with Crippen molar-refractivity contribution in [1.82, 2.24) is 4.98 Å². The van der Waals surface area contributed by atoms with E-state index in [0.717, 1.165) is 5.82 Å². The standard InChI is InChI=1S/C4H6N2.BrH/c1-4-5-2-3-6-4;/h2-3H,1H3,(H,5,6);1H.